The van der Waals surface area contributed by atoms with E-state index in [1.54, 1.807) is 0 Å². The van der Waals surface area contributed by atoms with Crippen molar-refractivity contribution in [2.75, 3.05) is 23.7 Å². The van der Waals surface area contributed by atoms with Gasteiger partial charge in [0.05, 0.1) is 0 Å². The standard InChI is InChI=1S/C12H17N5/c1-2-13-11-15-12(17-16-11)14-9-8-10-6-4-3-5-7-10/h3-7H,2,8-9H2,1H3,(H3,13,14,15,16,17). The topological polar surface area (TPSA) is 65.6 Å². The maximum atomic E-state index is 4.24. The first-order chi connectivity index (χ1) is 8.38. The van der Waals surface area contributed by atoms with Crippen LogP contribution in [0.15, 0.2) is 30.3 Å². The Hall–Kier alpha value is -2.04. The first kappa shape index (κ1) is 11.4. The Kier molecular flexibility index (Phi) is 3.96. The van der Waals surface area contributed by atoms with E-state index in [1.807, 2.05) is 25.1 Å². The maximum Gasteiger partial charge on any atom is 0.243 e. The Labute approximate surface area is 101 Å². The van der Waals surface area contributed by atoms with Crippen molar-refractivity contribution in [3.05, 3.63) is 35.9 Å². The monoisotopic (exact) mass is 231 g/mol. The molecule has 5 heteroatoms. The van der Waals surface area contributed by atoms with E-state index in [0.717, 1.165) is 19.5 Å². The van der Waals surface area contributed by atoms with Gasteiger partial charge in [-0.2, -0.15) is 4.98 Å². The second-order valence-electron chi connectivity index (χ2n) is 3.70. The van der Waals surface area contributed by atoms with Crippen LogP contribution >= 0.6 is 0 Å². The number of aromatic nitrogens is 3. The fourth-order valence-corrected chi connectivity index (χ4v) is 1.55. The molecule has 0 spiro atoms. The van der Waals surface area contributed by atoms with Crippen molar-refractivity contribution in [3.8, 4) is 0 Å². The smallest absolute Gasteiger partial charge is 0.243 e. The lowest BCUT2D eigenvalue weighted by Crippen LogP contribution is -2.06. The molecule has 0 aliphatic heterocycles. The largest absolute Gasteiger partial charge is 0.355 e. The Bertz CT molecular complexity index is 437. The highest BCUT2D eigenvalue weighted by molar-refractivity contribution is 5.33. The third kappa shape index (κ3) is 3.48. The molecule has 5 nitrogen and oxygen atoms in total. The molecule has 0 aliphatic carbocycles. The van der Waals surface area contributed by atoms with Gasteiger partial charge in [-0.25, -0.2) is 5.10 Å². The zero-order valence-corrected chi connectivity index (χ0v) is 9.90. The summed E-state index contributed by atoms with van der Waals surface area (Å²) in [6.45, 7) is 3.68. The molecular formula is C12H17N5. The van der Waals surface area contributed by atoms with Crippen molar-refractivity contribution < 1.29 is 0 Å². The van der Waals surface area contributed by atoms with Gasteiger partial charge in [0.25, 0.3) is 0 Å². The van der Waals surface area contributed by atoms with Gasteiger partial charge in [0.1, 0.15) is 0 Å². The summed E-state index contributed by atoms with van der Waals surface area (Å²) in [5.74, 6) is 1.34. The van der Waals surface area contributed by atoms with Gasteiger partial charge >= 0.3 is 0 Å². The fraction of sp³-hybridized carbons (Fsp3) is 0.333. The molecule has 3 N–H and O–H groups in total. The van der Waals surface area contributed by atoms with Crippen LogP contribution in [0.5, 0.6) is 0 Å². The Morgan fingerprint density at radius 2 is 2.00 bits per heavy atom. The van der Waals surface area contributed by atoms with Gasteiger partial charge in [0, 0.05) is 13.1 Å². The van der Waals surface area contributed by atoms with Crippen LogP contribution in [0.2, 0.25) is 0 Å². The van der Waals surface area contributed by atoms with Crippen molar-refractivity contribution >= 4 is 11.9 Å². The number of anilines is 2. The van der Waals surface area contributed by atoms with Crippen LogP contribution in [0.1, 0.15) is 12.5 Å². The van der Waals surface area contributed by atoms with Crippen molar-refractivity contribution in [1.29, 1.82) is 0 Å². The van der Waals surface area contributed by atoms with E-state index in [1.165, 1.54) is 5.56 Å². The van der Waals surface area contributed by atoms with Crippen LogP contribution in [0, 0.1) is 0 Å². The molecule has 0 unspecified atom stereocenters. The van der Waals surface area contributed by atoms with Crippen molar-refractivity contribution in [3.63, 3.8) is 0 Å². The summed E-state index contributed by atoms with van der Waals surface area (Å²) in [5.41, 5.74) is 1.31. The lowest BCUT2D eigenvalue weighted by Gasteiger charge is -2.01. The molecule has 0 atom stereocenters. The average molecular weight is 231 g/mol. The van der Waals surface area contributed by atoms with Gasteiger partial charge in [-0.3, -0.25) is 0 Å². The van der Waals surface area contributed by atoms with E-state index in [9.17, 15) is 0 Å². The van der Waals surface area contributed by atoms with E-state index in [4.69, 9.17) is 0 Å². The first-order valence-electron chi connectivity index (χ1n) is 5.82. The summed E-state index contributed by atoms with van der Waals surface area (Å²) >= 11 is 0. The SMILES string of the molecule is CCNc1nc(NCCc2ccccc2)n[nH]1. The third-order valence-corrected chi connectivity index (χ3v) is 2.37. The normalized spacial score (nSPS) is 10.2. The summed E-state index contributed by atoms with van der Waals surface area (Å²) < 4.78 is 0. The number of hydrogen-bond acceptors (Lipinski definition) is 4. The highest BCUT2D eigenvalue weighted by Crippen LogP contribution is 2.04. The molecule has 2 rings (SSSR count). The predicted molar refractivity (Wildman–Crippen MR) is 69.2 cm³/mol. The Morgan fingerprint density at radius 3 is 2.76 bits per heavy atom. The molecule has 0 radical (unpaired) electrons. The highest BCUT2D eigenvalue weighted by atomic mass is 15.3. The molecular weight excluding hydrogens is 214 g/mol. The van der Waals surface area contributed by atoms with E-state index >= 15 is 0 Å². The van der Waals surface area contributed by atoms with Crippen molar-refractivity contribution in [2.24, 2.45) is 0 Å². The van der Waals surface area contributed by atoms with Gasteiger partial charge in [-0.15, -0.1) is 5.10 Å². The van der Waals surface area contributed by atoms with E-state index in [0.29, 0.717) is 11.9 Å². The van der Waals surface area contributed by atoms with Crippen molar-refractivity contribution in [1.82, 2.24) is 15.2 Å². The molecule has 0 fully saturated rings. The van der Waals surface area contributed by atoms with Gasteiger partial charge < -0.3 is 10.6 Å². The van der Waals surface area contributed by atoms with Crippen LogP contribution in [0.4, 0.5) is 11.9 Å². The van der Waals surface area contributed by atoms with Crippen LogP contribution in [0.3, 0.4) is 0 Å². The number of nitrogens with zero attached hydrogens (tertiary/aromatic N) is 2. The quantitative estimate of drug-likeness (QED) is 0.710. The molecule has 0 saturated heterocycles. The third-order valence-electron chi connectivity index (χ3n) is 2.37. The number of hydrogen-bond donors (Lipinski definition) is 3. The number of aromatic amines is 1. The highest BCUT2D eigenvalue weighted by Gasteiger charge is 2.00. The second-order valence-corrected chi connectivity index (χ2v) is 3.70. The summed E-state index contributed by atoms with van der Waals surface area (Å²) in [4.78, 5) is 4.24. The zero-order valence-electron chi connectivity index (χ0n) is 9.90. The van der Waals surface area contributed by atoms with Gasteiger partial charge in [-0.1, -0.05) is 30.3 Å². The number of benzene rings is 1. The number of H-pyrrole nitrogens is 1. The molecule has 0 amide bonds. The molecule has 1 aromatic heterocycles. The lowest BCUT2D eigenvalue weighted by molar-refractivity contribution is 0.984. The van der Waals surface area contributed by atoms with Gasteiger partial charge in [-0.05, 0) is 18.9 Å². The molecule has 90 valence electrons. The number of nitrogens with one attached hydrogen (secondary N) is 3. The summed E-state index contributed by atoms with van der Waals surface area (Å²) in [5, 5.41) is 13.1. The molecule has 2 aromatic rings. The maximum absolute atomic E-state index is 4.24. The first-order valence-corrected chi connectivity index (χ1v) is 5.82. The van der Waals surface area contributed by atoms with Crippen LogP contribution in [-0.4, -0.2) is 28.3 Å². The van der Waals surface area contributed by atoms with Gasteiger partial charge in [0.2, 0.25) is 11.9 Å². The van der Waals surface area contributed by atoms with Gasteiger partial charge in [0.15, 0.2) is 0 Å². The van der Waals surface area contributed by atoms with Crippen LogP contribution in [-0.2, 0) is 6.42 Å². The molecule has 0 saturated carbocycles. The van der Waals surface area contributed by atoms with Crippen LogP contribution in [0.25, 0.3) is 0 Å². The van der Waals surface area contributed by atoms with E-state index < -0.39 is 0 Å². The Morgan fingerprint density at radius 1 is 1.18 bits per heavy atom. The molecule has 0 bridgehead atoms. The molecule has 1 aromatic carbocycles. The van der Waals surface area contributed by atoms with E-state index in [-0.39, 0.29) is 0 Å². The second kappa shape index (κ2) is 5.89. The lowest BCUT2D eigenvalue weighted by atomic mass is 10.1. The molecule has 1 heterocycles. The minimum Gasteiger partial charge on any atom is -0.355 e. The van der Waals surface area contributed by atoms with Crippen molar-refractivity contribution in [2.45, 2.75) is 13.3 Å². The summed E-state index contributed by atoms with van der Waals surface area (Å²) in [6, 6.07) is 10.3. The van der Waals surface area contributed by atoms with Crippen LogP contribution < -0.4 is 10.6 Å². The predicted octanol–water partition coefficient (Wildman–Crippen LogP) is 1.89. The summed E-state index contributed by atoms with van der Waals surface area (Å²) in [7, 11) is 0. The molecule has 0 aliphatic rings. The minimum atomic E-state index is 0.636. The molecule has 17 heavy (non-hydrogen) atoms. The average Bonchev–Trinajstić information content (AvgIpc) is 2.79. The summed E-state index contributed by atoms with van der Waals surface area (Å²) in [6.07, 6.45) is 0.964. The number of rotatable bonds is 6. The minimum absolute atomic E-state index is 0.636. The fourth-order valence-electron chi connectivity index (χ4n) is 1.55. The Balaban J connectivity index is 1.78. The zero-order chi connectivity index (χ0) is 11.9. The van der Waals surface area contributed by atoms with E-state index in [2.05, 4.69) is 37.9 Å².